The van der Waals surface area contributed by atoms with Crippen LogP contribution in [0.1, 0.15) is 52.9 Å². The molecule has 0 aromatic heterocycles. The van der Waals surface area contributed by atoms with Crippen LogP contribution >= 0.6 is 0 Å². The van der Waals surface area contributed by atoms with Crippen molar-refractivity contribution in [2.75, 3.05) is 13.2 Å². The molecule has 1 aliphatic heterocycles. The Morgan fingerprint density at radius 2 is 2.06 bits per heavy atom. The summed E-state index contributed by atoms with van der Waals surface area (Å²) >= 11 is 0. The number of amides is 1. The minimum atomic E-state index is -0.447. The second kappa shape index (κ2) is 7.10. The van der Waals surface area contributed by atoms with E-state index in [0.29, 0.717) is 5.92 Å². The molecule has 0 saturated carbocycles. The third kappa shape index (κ3) is 3.69. The van der Waals surface area contributed by atoms with Crippen LogP contribution in [0, 0.1) is 5.92 Å². The van der Waals surface area contributed by atoms with Gasteiger partial charge in [-0.2, -0.15) is 0 Å². The zero-order valence-corrected chi connectivity index (χ0v) is 12.0. The summed E-state index contributed by atoms with van der Waals surface area (Å²) in [5.41, 5.74) is -0.447. The number of piperidine rings is 1. The molecule has 106 valence electrons. The Morgan fingerprint density at radius 3 is 2.56 bits per heavy atom. The molecule has 0 aliphatic carbocycles. The molecular weight excluding hydrogens is 228 g/mol. The summed E-state index contributed by atoms with van der Waals surface area (Å²) in [5.74, 6) is 0.694. The van der Waals surface area contributed by atoms with Crippen LogP contribution in [0.2, 0.25) is 0 Å². The Bertz CT molecular complexity index is 256. The van der Waals surface area contributed by atoms with E-state index in [1.165, 1.54) is 0 Å². The number of nitrogens with one attached hydrogen (secondary N) is 2. The SMILES string of the molecule is CCC1CCNC(C(=O)NC(CC)(CC)CO)C1. The lowest BCUT2D eigenvalue weighted by atomic mass is 9.88. The number of hydrogen-bond donors (Lipinski definition) is 3. The normalized spacial score (nSPS) is 24.9. The van der Waals surface area contributed by atoms with Crippen LogP contribution in [0.25, 0.3) is 0 Å². The number of carbonyl (C=O) groups excluding carboxylic acids is 1. The van der Waals surface area contributed by atoms with Crippen LogP contribution in [-0.2, 0) is 4.79 Å². The molecule has 1 aliphatic rings. The smallest absolute Gasteiger partial charge is 0.237 e. The molecule has 1 fully saturated rings. The van der Waals surface area contributed by atoms with Gasteiger partial charge in [0.25, 0.3) is 0 Å². The highest BCUT2D eigenvalue weighted by molar-refractivity contribution is 5.82. The van der Waals surface area contributed by atoms with Crippen molar-refractivity contribution < 1.29 is 9.90 Å². The third-order valence-corrected chi connectivity index (χ3v) is 4.45. The van der Waals surface area contributed by atoms with Crippen LogP contribution in [0.5, 0.6) is 0 Å². The fraction of sp³-hybridized carbons (Fsp3) is 0.929. The van der Waals surface area contributed by atoms with Crippen molar-refractivity contribution in [3.63, 3.8) is 0 Å². The van der Waals surface area contributed by atoms with E-state index in [0.717, 1.165) is 38.6 Å². The van der Waals surface area contributed by atoms with E-state index < -0.39 is 5.54 Å². The molecule has 18 heavy (non-hydrogen) atoms. The van der Waals surface area contributed by atoms with Gasteiger partial charge in [-0.05, 0) is 38.1 Å². The lowest BCUT2D eigenvalue weighted by Crippen LogP contribution is -2.57. The van der Waals surface area contributed by atoms with Gasteiger partial charge in [0.15, 0.2) is 0 Å². The van der Waals surface area contributed by atoms with Crippen molar-refractivity contribution in [3.05, 3.63) is 0 Å². The highest BCUT2D eigenvalue weighted by atomic mass is 16.3. The quantitative estimate of drug-likeness (QED) is 0.674. The third-order valence-electron chi connectivity index (χ3n) is 4.45. The lowest BCUT2D eigenvalue weighted by molar-refractivity contribution is -0.126. The van der Waals surface area contributed by atoms with Crippen LogP contribution in [0.4, 0.5) is 0 Å². The van der Waals surface area contributed by atoms with Crippen molar-refractivity contribution in [1.29, 1.82) is 0 Å². The molecule has 0 spiro atoms. The Morgan fingerprint density at radius 1 is 1.39 bits per heavy atom. The average Bonchev–Trinajstić information content (AvgIpc) is 2.44. The first-order chi connectivity index (χ1) is 8.60. The number of rotatable bonds is 6. The highest BCUT2D eigenvalue weighted by Crippen LogP contribution is 2.21. The van der Waals surface area contributed by atoms with Crippen LogP contribution in [0.3, 0.4) is 0 Å². The predicted molar refractivity (Wildman–Crippen MR) is 73.3 cm³/mol. The minimum absolute atomic E-state index is 0.00959. The van der Waals surface area contributed by atoms with Gasteiger partial charge in [-0.25, -0.2) is 0 Å². The topological polar surface area (TPSA) is 61.4 Å². The van der Waals surface area contributed by atoms with Gasteiger partial charge in [-0.3, -0.25) is 4.79 Å². The molecule has 3 N–H and O–H groups in total. The Kier molecular flexibility index (Phi) is 6.09. The summed E-state index contributed by atoms with van der Waals surface area (Å²) in [7, 11) is 0. The van der Waals surface area contributed by atoms with E-state index in [4.69, 9.17) is 0 Å². The standard InChI is InChI=1S/C14H28N2O2/c1-4-11-7-8-15-12(9-11)13(18)16-14(5-2,6-3)10-17/h11-12,15,17H,4-10H2,1-3H3,(H,16,18). The maximum Gasteiger partial charge on any atom is 0.237 e. The van der Waals surface area contributed by atoms with E-state index in [1.807, 2.05) is 13.8 Å². The Hall–Kier alpha value is -0.610. The van der Waals surface area contributed by atoms with Crippen molar-refractivity contribution in [1.82, 2.24) is 10.6 Å². The first-order valence-electron chi connectivity index (χ1n) is 7.27. The van der Waals surface area contributed by atoms with Gasteiger partial charge < -0.3 is 15.7 Å². The molecule has 1 rings (SSSR count). The van der Waals surface area contributed by atoms with Gasteiger partial charge in [0.2, 0.25) is 5.91 Å². The first-order valence-corrected chi connectivity index (χ1v) is 7.27. The maximum absolute atomic E-state index is 12.3. The fourth-order valence-corrected chi connectivity index (χ4v) is 2.61. The fourth-order valence-electron chi connectivity index (χ4n) is 2.61. The summed E-state index contributed by atoms with van der Waals surface area (Å²) < 4.78 is 0. The van der Waals surface area contributed by atoms with Gasteiger partial charge in [0.1, 0.15) is 0 Å². The molecule has 1 heterocycles. The zero-order chi connectivity index (χ0) is 13.6. The van der Waals surface area contributed by atoms with Gasteiger partial charge in [0, 0.05) is 0 Å². The molecule has 4 nitrogen and oxygen atoms in total. The molecule has 0 radical (unpaired) electrons. The van der Waals surface area contributed by atoms with E-state index in [-0.39, 0.29) is 18.6 Å². The Balaban J connectivity index is 2.58. The second-order valence-electron chi connectivity index (χ2n) is 5.44. The maximum atomic E-state index is 12.3. The van der Waals surface area contributed by atoms with Crippen molar-refractivity contribution in [2.24, 2.45) is 5.92 Å². The van der Waals surface area contributed by atoms with Crippen LogP contribution in [-0.4, -0.2) is 35.7 Å². The molecule has 0 bridgehead atoms. The molecule has 0 aromatic rings. The summed E-state index contributed by atoms with van der Waals surface area (Å²) in [5, 5.41) is 15.8. The summed E-state index contributed by atoms with van der Waals surface area (Å²) in [6.45, 7) is 7.12. The second-order valence-corrected chi connectivity index (χ2v) is 5.44. The van der Waals surface area contributed by atoms with E-state index >= 15 is 0 Å². The Labute approximate surface area is 111 Å². The number of carbonyl (C=O) groups is 1. The molecule has 2 atom stereocenters. The number of aliphatic hydroxyl groups excluding tert-OH is 1. The number of aliphatic hydroxyl groups is 1. The molecule has 1 amide bonds. The predicted octanol–water partition coefficient (Wildman–Crippen LogP) is 1.43. The van der Waals surface area contributed by atoms with Gasteiger partial charge >= 0.3 is 0 Å². The van der Waals surface area contributed by atoms with Gasteiger partial charge in [-0.1, -0.05) is 27.2 Å². The van der Waals surface area contributed by atoms with Gasteiger partial charge in [0.05, 0.1) is 18.2 Å². The average molecular weight is 256 g/mol. The van der Waals surface area contributed by atoms with Crippen molar-refractivity contribution >= 4 is 5.91 Å². The van der Waals surface area contributed by atoms with E-state index in [1.54, 1.807) is 0 Å². The molecule has 4 heteroatoms. The summed E-state index contributed by atoms with van der Waals surface area (Å²) in [6.07, 6.45) is 4.73. The molecule has 1 saturated heterocycles. The minimum Gasteiger partial charge on any atom is -0.394 e. The summed E-state index contributed by atoms with van der Waals surface area (Å²) in [6, 6.07) is -0.0901. The van der Waals surface area contributed by atoms with Gasteiger partial charge in [-0.15, -0.1) is 0 Å². The lowest BCUT2D eigenvalue weighted by Gasteiger charge is -2.35. The summed E-state index contributed by atoms with van der Waals surface area (Å²) in [4.78, 5) is 12.3. The van der Waals surface area contributed by atoms with Crippen LogP contribution < -0.4 is 10.6 Å². The van der Waals surface area contributed by atoms with E-state index in [9.17, 15) is 9.90 Å². The molecular formula is C14H28N2O2. The monoisotopic (exact) mass is 256 g/mol. The molecule has 0 aromatic carbocycles. The highest BCUT2D eigenvalue weighted by Gasteiger charge is 2.32. The van der Waals surface area contributed by atoms with Crippen molar-refractivity contribution in [2.45, 2.75) is 64.5 Å². The molecule has 2 unspecified atom stereocenters. The first kappa shape index (κ1) is 15.4. The number of hydrogen-bond acceptors (Lipinski definition) is 3. The van der Waals surface area contributed by atoms with Crippen molar-refractivity contribution in [3.8, 4) is 0 Å². The van der Waals surface area contributed by atoms with Crippen LogP contribution in [0.15, 0.2) is 0 Å². The zero-order valence-electron chi connectivity index (χ0n) is 12.0. The van der Waals surface area contributed by atoms with E-state index in [2.05, 4.69) is 17.6 Å². The largest absolute Gasteiger partial charge is 0.394 e.